The molecule has 7 nitrogen and oxygen atoms in total. The van der Waals surface area contributed by atoms with E-state index in [0.29, 0.717) is 18.8 Å². The van der Waals surface area contributed by atoms with Gasteiger partial charge in [0.25, 0.3) is 0 Å². The Morgan fingerprint density at radius 1 is 1.20 bits per heavy atom. The van der Waals surface area contributed by atoms with E-state index in [1.807, 2.05) is 67.4 Å². The molecule has 0 amide bonds. The Labute approximate surface area is 194 Å². The quantitative estimate of drug-likeness (QED) is 0.281. The van der Waals surface area contributed by atoms with Crippen LogP contribution in [0.15, 0.2) is 65.9 Å². The summed E-state index contributed by atoms with van der Waals surface area (Å²) in [5.41, 5.74) is 3.02. The number of benzene rings is 2. The summed E-state index contributed by atoms with van der Waals surface area (Å²) in [5, 5.41) is 17.7. The summed E-state index contributed by atoms with van der Waals surface area (Å²) in [6, 6.07) is 15.3. The molecule has 0 aliphatic rings. The minimum absolute atomic E-state index is 0. The number of nitrogens with one attached hydrogen (secondary N) is 1. The van der Waals surface area contributed by atoms with Gasteiger partial charge in [-0.2, -0.15) is 5.10 Å². The molecule has 0 saturated heterocycles. The minimum Gasteiger partial charge on any atom is -0.504 e. The maximum absolute atomic E-state index is 9.95. The average molecular weight is 521 g/mol. The number of methoxy groups -OCH3 is 1. The van der Waals surface area contributed by atoms with Crippen LogP contribution in [0.3, 0.4) is 0 Å². The van der Waals surface area contributed by atoms with Crippen LogP contribution in [0.25, 0.3) is 5.69 Å². The van der Waals surface area contributed by atoms with E-state index in [0.717, 1.165) is 29.3 Å². The summed E-state index contributed by atoms with van der Waals surface area (Å²) >= 11 is 0. The van der Waals surface area contributed by atoms with Gasteiger partial charge in [0, 0.05) is 31.9 Å². The van der Waals surface area contributed by atoms with Crippen molar-refractivity contribution in [3.8, 4) is 17.2 Å². The van der Waals surface area contributed by atoms with Crippen molar-refractivity contribution < 1.29 is 9.84 Å². The fraction of sp³-hybridized carbons (Fsp3) is 0.273. The third kappa shape index (κ3) is 6.12. The van der Waals surface area contributed by atoms with Crippen molar-refractivity contribution in [2.24, 2.45) is 4.99 Å². The fourth-order valence-electron chi connectivity index (χ4n) is 2.98. The zero-order valence-corrected chi connectivity index (χ0v) is 19.8. The summed E-state index contributed by atoms with van der Waals surface area (Å²) < 4.78 is 6.96. The fourth-order valence-corrected chi connectivity index (χ4v) is 2.98. The average Bonchev–Trinajstić information content (AvgIpc) is 3.20. The lowest BCUT2D eigenvalue weighted by atomic mass is 10.2. The van der Waals surface area contributed by atoms with E-state index in [2.05, 4.69) is 15.3 Å². The van der Waals surface area contributed by atoms with Gasteiger partial charge in [0.1, 0.15) is 0 Å². The monoisotopic (exact) mass is 521 g/mol. The summed E-state index contributed by atoms with van der Waals surface area (Å²) in [6.45, 7) is 3.93. The molecule has 1 aromatic heterocycles. The first-order valence-electron chi connectivity index (χ1n) is 9.55. The highest BCUT2D eigenvalue weighted by atomic mass is 127. The number of hydrogen-bond acceptors (Lipinski definition) is 4. The standard InChI is InChI=1S/C22H27N5O2.HI/c1-4-23-22(24-13-17-10-11-21(29-3)20(28)12-17)26(2)15-18-14-25-27(16-18)19-8-6-5-7-9-19;/h5-12,14,16,28H,4,13,15H2,1-3H3,(H,23,24);1H. The lowest BCUT2D eigenvalue weighted by Crippen LogP contribution is -2.38. The van der Waals surface area contributed by atoms with E-state index >= 15 is 0 Å². The maximum Gasteiger partial charge on any atom is 0.194 e. The highest BCUT2D eigenvalue weighted by Crippen LogP contribution is 2.26. The van der Waals surface area contributed by atoms with Crippen LogP contribution in [0.2, 0.25) is 0 Å². The molecule has 160 valence electrons. The Morgan fingerprint density at radius 2 is 1.97 bits per heavy atom. The molecular weight excluding hydrogens is 493 g/mol. The molecule has 30 heavy (non-hydrogen) atoms. The topological polar surface area (TPSA) is 74.9 Å². The third-order valence-electron chi connectivity index (χ3n) is 4.43. The van der Waals surface area contributed by atoms with Crippen LogP contribution in [-0.2, 0) is 13.1 Å². The van der Waals surface area contributed by atoms with Crippen molar-refractivity contribution in [3.05, 3.63) is 72.1 Å². The number of phenolic OH excluding ortho intramolecular Hbond substituents is 1. The zero-order valence-electron chi connectivity index (χ0n) is 17.4. The lowest BCUT2D eigenvalue weighted by Gasteiger charge is -2.21. The predicted octanol–water partition coefficient (Wildman–Crippen LogP) is 3.80. The molecule has 0 radical (unpaired) electrons. The van der Waals surface area contributed by atoms with Gasteiger partial charge in [-0.15, -0.1) is 24.0 Å². The number of aromatic nitrogens is 2. The number of aliphatic imine (C=N–C) groups is 1. The second-order valence-corrected chi connectivity index (χ2v) is 6.66. The molecule has 8 heteroatoms. The zero-order chi connectivity index (χ0) is 20.6. The molecule has 3 aromatic rings. The summed E-state index contributed by atoms with van der Waals surface area (Å²) in [5.74, 6) is 1.36. The van der Waals surface area contributed by atoms with E-state index in [9.17, 15) is 5.11 Å². The summed E-state index contributed by atoms with van der Waals surface area (Å²) in [4.78, 5) is 6.75. The molecule has 0 bridgehead atoms. The Balaban J connectivity index is 0.00000320. The van der Waals surface area contributed by atoms with Gasteiger partial charge in [0.05, 0.1) is 25.5 Å². The molecule has 0 unspecified atom stereocenters. The van der Waals surface area contributed by atoms with Gasteiger partial charge in [0.2, 0.25) is 0 Å². The molecule has 0 fully saturated rings. The Bertz CT molecular complexity index is 959. The van der Waals surface area contributed by atoms with Crippen LogP contribution in [0, 0.1) is 0 Å². The van der Waals surface area contributed by atoms with Gasteiger partial charge in [-0.25, -0.2) is 9.67 Å². The first kappa shape index (κ1) is 23.5. The van der Waals surface area contributed by atoms with Gasteiger partial charge in [-0.05, 0) is 36.8 Å². The minimum atomic E-state index is 0. The van der Waals surface area contributed by atoms with Crippen LogP contribution >= 0.6 is 24.0 Å². The Kier molecular flexibility index (Phi) is 8.97. The van der Waals surface area contributed by atoms with Crippen molar-refractivity contribution in [1.82, 2.24) is 20.0 Å². The number of phenols is 1. The van der Waals surface area contributed by atoms with Crippen LogP contribution in [0.4, 0.5) is 0 Å². The number of hydrogen-bond donors (Lipinski definition) is 2. The summed E-state index contributed by atoms with van der Waals surface area (Å²) in [6.07, 6.45) is 3.89. The number of aromatic hydroxyl groups is 1. The number of halogens is 1. The third-order valence-corrected chi connectivity index (χ3v) is 4.43. The first-order valence-corrected chi connectivity index (χ1v) is 9.55. The van der Waals surface area contributed by atoms with Crippen molar-refractivity contribution in [2.75, 3.05) is 20.7 Å². The molecule has 0 atom stereocenters. The van der Waals surface area contributed by atoms with Gasteiger partial charge in [-0.3, -0.25) is 0 Å². The Morgan fingerprint density at radius 3 is 2.63 bits per heavy atom. The molecule has 0 aliphatic carbocycles. The van der Waals surface area contributed by atoms with Crippen molar-refractivity contribution in [3.63, 3.8) is 0 Å². The molecule has 0 saturated carbocycles. The number of guanidine groups is 1. The number of para-hydroxylation sites is 1. The van der Waals surface area contributed by atoms with E-state index in [-0.39, 0.29) is 29.7 Å². The molecule has 1 heterocycles. The highest BCUT2D eigenvalue weighted by molar-refractivity contribution is 14.0. The molecule has 0 aliphatic heterocycles. The predicted molar refractivity (Wildman–Crippen MR) is 130 cm³/mol. The van der Waals surface area contributed by atoms with Crippen LogP contribution in [0.1, 0.15) is 18.1 Å². The SMILES string of the molecule is CCNC(=NCc1ccc(OC)c(O)c1)N(C)Cc1cnn(-c2ccccc2)c1.I. The normalized spacial score (nSPS) is 11.0. The van der Waals surface area contributed by atoms with Crippen LogP contribution < -0.4 is 10.1 Å². The number of rotatable bonds is 7. The number of nitrogens with zero attached hydrogens (tertiary/aromatic N) is 4. The highest BCUT2D eigenvalue weighted by Gasteiger charge is 2.09. The van der Waals surface area contributed by atoms with Gasteiger partial charge < -0.3 is 20.1 Å². The van der Waals surface area contributed by atoms with E-state index < -0.39 is 0 Å². The van der Waals surface area contributed by atoms with Crippen molar-refractivity contribution >= 4 is 29.9 Å². The second-order valence-electron chi connectivity index (χ2n) is 6.66. The van der Waals surface area contributed by atoms with Gasteiger partial charge >= 0.3 is 0 Å². The molecule has 0 spiro atoms. The van der Waals surface area contributed by atoms with Crippen molar-refractivity contribution in [2.45, 2.75) is 20.0 Å². The van der Waals surface area contributed by atoms with E-state index in [1.165, 1.54) is 7.11 Å². The van der Waals surface area contributed by atoms with Crippen molar-refractivity contribution in [1.29, 1.82) is 0 Å². The smallest absolute Gasteiger partial charge is 0.194 e. The van der Waals surface area contributed by atoms with Gasteiger partial charge in [0.15, 0.2) is 17.5 Å². The largest absolute Gasteiger partial charge is 0.504 e. The molecule has 2 aromatic carbocycles. The van der Waals surface area contributed by atoms with E-state index in [4.69, 9.17) is 9.73 Å². The molecule has 2 N–H and O–H groups in total. The van der Waals surface area contributed by atoms with E-state index in [1.54, 1.807) is 12.1 Å². The second kappa shape index (κ2) is 11.4. The Hall–Kier alpha value is -2.75. The first-order chi connectivity index (χ1) is 14.1. The van der Waals surface area contributed by atoms with Gasteiger partial charge in [-0.1, -0.05) is 24.3 Å². The molecular formula is C22H28IN5O2. The number of ether oxygens (including phenoxy) is 1. The summed E-state index contributed by atoms with van der Waals surface area (Å²) in [7, 11) is 3.53. The van der Waals surface area contributed by atoms with Crippen LogP contribution in [0.5, 0.6) is 11.5 Å². The molecule has 3 rings (SSSR count). The lowest BCUT2D eigenvalue weighted by molar-refractivity contribution is 0.373. The maximum atomic E-state index is 9.95. The van der Waals surface area contributed by atoms with Crippen LogP contribution in [-0.4, -0.2) is 46.4 Å².